The molecule has 0 atom stereocenters. The van der Waals surface area contributed by atoms with Gasteiger partial charge >= 0.3 is 5.97 Å². The van der Waals surface area contributed by atoms with Crippen LogP contribution in [-0.2, 0) is 15.3 Å². The van der Waals surface area contributed by atoms with E-state index in [1.807, 2.05) is 12.1 Å². The van der Waals surface area contributed by atoms with Crippen LogP contribution < -0.4 is 5.73 Å². The van der Waals surface area contributed by atoms with E-state index in [9.17, 15) is 9.59 Å². The number of carbonyl (C=O) groups is 2. The Morgan fingerprint density at radius 3 is 2.83 bits per heavy atom. The van der Waals surface area contributed by atoms with Crippen molar-refractivity contribution in [2.45, 2.75) is 17.9 Å². The zero-order valence-corrected chi connectivity index (χ0v) is 16.4. The average Bonchev–Trinajstić information content (AvgIpc) is 3.21. The van der Waals surface area contributed by atoms with Gasteiger partial charge in [-0.3, -0.25) is 9.78 Å². The Morgan fingerprint density at radius 1 is 1.24 bits per heavy atom. The summed E-state index contributed by atoms with van der Waals surface area (Å²) in [6, 6.07) is 10.5. The minimum absolute atomic E-state index is 0.289. The molecule has 2 N–H and O–H groups in total. The van der Waals surface area contributed by atoms with Gasteiger partial charge in [0.15, 0.2) is 0 Å². The van der Waals surface area contributed by atoms with E-state index in [0.29, 0.717) is 33.7 Å². The molecule has 2 heterocycles. The summed E-state index contributed by atoms with van der Waals surface area (Å²) in [4.78, 5) is 27.3. The molecule has 0 aliphatic rings. The van der Waals surface area contributed by atoms with Crippen molar-refractivity contribution in [2.24, 2.45) is 5.73 Å². The van der Waals surface area contributed by atoms with E-state index in [2.05, 4.69) is 15.2 Å². The van der Waals surface area contributed by atoms with Crippen LogP contribution in [0.3, 0.4) is 0 Å². The molecule has 0 aliphatic carbocycles. The molecule has 0 unspecified atom stereocenters. The molecule has 8 nitrogen and oxygen atoms in total. The van der Waals surface area contributed by atoms with Gasteiger partial charge in [0.2, 0.25) is 5.91 Å². The molecule has 3 aromatic rings. The number of hydrogen-bond acceptors (Lipinski definition) is 8. The molecule has 1 amide bonds. The topological polar surface area (TPSA) is 121 Å². The third kappa shape index (κ3) is 5.76. The molecule has 148 valence electrons. The highest BCUT2D eigenvalue weighted by Crippen LogP contribution is 2.26. The minimum Gasteiger partial charge on any atom is -0.463 e. The Bertz CT molecular complexity index is 1030. The number of pyridine rings is 1. The van der Waals surface area contributed by atoms with Crippen molar-refractivity contribution in [2.75, 3.05) is 6.61 Å². The number of primary amides is 1. The van der Waals surface area contributed by atoms with Gasteiger partial charge in [0.05, 0.1) is 6.61 Å². The third-order valence-corrected chi connectivity index (χ3v) is 4.54. The van der Waals surface area contributed by atoms with Crippen molar-refractivity contribution in [3.05, 3.63) is 65.4 Å². The number of carbonyl (C=O) groups excluding carboxylic acids is 2. The first-order chi connectivity index (χ1) is 14.0. The second-order valence-corrected chi connectivity index (χ2v) is 6.72. The first-order valence-corrected chi connectivity index (χ1v) is 9.70. The van der Waals surface area contributed by atoms with Crippen molar-refractivity contribution in [1.82, 2.24) is 15.2 Å². The van der Waals surface area contributed by atoms with Crippen LogP contribution in [0.15, 0.2) is 58.3 Å². The van der Waals surface area contributed by atoms with E-state index in [-0.39, 0.29) is 6.61 Å². The first-order valence-electron chi connectivity index (χ1n) is 8.71. The maximum atomic E-state index is 11.6. The number of ether oxygens (including phenoxy) is 1. The van der Waals surface area contributed by atoms with Gasteiger partial charge in [-0.2, -0.15) is 0 Å². The molecular weight excluding hydrogens is 392 g/mol. The van der Waals surface area contributed by atoms with Gasteiger partial charge in [0, 0.05) is 23.6 Å². The number of nitrogens with zero attached hydrogens (tertiary/aromatic N) is 3. The summed E-state index contributed by atoms with van der Waals surface area (Å²) in [6.07, 6.45) is 4.52. The van der Waals surface area contributed by atoms with Gasteiger partial charge in [0.1, 0.15) is 5.69 Å². The highest BCUT2D eigenvalue weighted by molar-refractivity contribution is 7.98. The predicted molar refractivity (Wildman–Crippen MR) is 108 cm³/mol. The monoisotopic (exact) mass is 410 g/mol. The maximum absolute atomic E-state index is 11.6. The summed E-state index contributed by atoms with van der Waals surface area (Å²) in [5, 5.41) is 8.37. The van der Waals surface area contributed by atoms with Crippen molar-refractivity contribution in [3.8, 4) is 11.6 Å². The summed E-state index contributed by atoms with van der Waals surface area (Å²) >= 11 is 1.31. The van der Waals surface area contributed by atoms with Crippen LogP contribution in [-0.4, -0.2) is 33.7 Å². The fourth-order valence-corrected chi connectivity index (χ4v) is 3.09. The Balaban J connectivity index is 1.74. The van der Waals surface area contributed by atoms with Crippen molar-refractivity contribution in [3.63, 3.8) is 0 Å². The van der Waals surface area contributed by atoms with Crippen molar-refractivity contribution in [1.29, 1.82) is 0 Å². The first kappa shape index (κ1) is 20.3. The number of amides is 1. The number of nitrogens with two attached hydrogens (primary N) is 1. The predicted octanol–water partition coefficient (Wildman–Crippen LogP) is 3.10. The lowest BCUT2D eigenvalue weighted by Gasteiger charge is -2.05. The fraction of sp³-hybridized carbons (Fsp3) is 0.150. The van der Waals surface area contributed by atoms with E-state index in [1.165, 1.54) is 17.8 Å². The summed E-state index contributed by atoms with van der Waals surface area (Å²) in [5.41, 5.74) is 7.82. The van der Waals surface area contributed by atoms with E-state index < -0.39 is 11.9 Å². The highest BCUT2D eigenvalue weighted by Gasteiger charge is 2.11. The molecule has 1 aromatic carbocycles. The Morgan fingerprint density at radius 2 is 2.10 bits per heavy atom. The molecule has 3 rings (SSSR count). The van der Waals surface area contributed by atoms with Gasteiger partial charge in [-0.05, 0) is 48.4 Å². The van der Waals surface area contributed by atoms with Crippen LogP contribution in [0.1, 0.15) is 28.4 Å². The standard InChI is InChI=1S/C20H18N4O4S/c1-2-27-17(25)7-6-13-9-14(11-15(10-13)18(21)26)12-29-20-24-23-19(28-20)16-5-3-4-8-22-16/h3-11H,2,12H2,1H3,(H2,21,26)/b7-6+. The minimum atomic E-state index is -0.558. The van der Waals surface area contributed by atoms with E-state index >= 15 is 0 Å². The van der Waals surface area contributed by atoms with Gasteiger partial charge in [0.25, 0.3) is 11.1 Å². The Hall–Kier alpha value is -3.46. The van der Waals surface area contributed by atoms with Gasteiger partial charge in [-0.15, -0.1) is 10.2 Å². The molecule has 0 fully saturated rings. The van der Waals surface area contributed by atoms with E-state index in [4.69, 9.17) is 14.9 Å². The van der Waals surface area contributed by atoms with Crippen LogP contribution in [0, 0.1) is 0 Å². The molecular formula is C20H18N4O4S. The third-order valence-electron chi connectivity index (χ3n) is 3.65. The van der Waals surface area contributed by atoms with Gasteiger partial charge in [-0.25, -0.2) is 4.79 Å². The summed E-state index contributed by atoms with van der Waals surface area (Å²) in [7, 11) is 0. The normalized spacial score (nSPS) is 10.9. The SMILES string of the molecule is CCOC(=O)/C=C/c1cc(CSc2nnc(-c3ccccn3)o2)cc(C(N)=O)c1. The number of thioether (sulfide) groups is 1. The molecule has 0 saturated carbocycles. The van der Waals surface area contributed by atoms with Crippen molar-refractivity contribution < 1.29 is 18.7 Å². The zero-order chi connectivity index (χ0) is 20.6. The number of rotatable bonds is 8. The number of aromatic nitrogens is 3. The largest absolute Gasteiger partial charge is 0.463 e. The molecule has 0 aliphatic heterocycles. The maximum Gasteiger partial charge on any atom is 0.330 e. The number of benzene rings is 1. The summed E-state index contributed by atoms with van der Waals surface area (Å²) < 4.78 is 10.5. The summed E-state index contributed by atoms with van der Waals surface area (Å²) in [6.45, 7) is 2.02. The second-order valence-electron chi connectivity index (χ2n) is 5.79. The number of hydrogen-bond donors (Lipinski definition) is 1. The lowest BCUT2D eigenvalue weighted by molar-refractivity contribution is -0.137. The summed E-state index contributed by atoms with van der Waals surface area (Å²) in [5.74, 6) is -0.221. The van der Waals surface area contributed by atoms with Crippen molar-refractivity contribution >= 4 is 29.7 Å². The Kier molecular flexibility index (Phi) is 6.75. The van der Waals surface area contributed by atoms with Crippen LogP contribution in [0.2, 0.25) is 0 Å². The fourth-order valence-electron chi connectivity index (χ4n) is 2.40. The molecule has 0 radical (unpaired) electrons. The highest BCUT2D eigenvalue weighted by atomic mass is 32.2. The molecule has 0 saturated heterocycles. The van der Waals surface area contributed by atoms with Crippen LogP contribution in [0.25, 0.3) is 17.7 Å². The molecule has 9 heteroatoms. The second kappa shape index (κ2) is 9.65. The quantitative estimate of drug-likeness (QED) is 0.342. The molecule has 0 spiro atoms. The lowest BCUT2D eigenvalue weighted by Crippen LogP contribution is -2.11. The lowest BCUT2D eigenvalue weighted by atomic mass is 10.1. The number of esters is 1. The van der Waals surface area contributed by atoms with E-state index in [1.54, 1.807) is 43.5 Å². The molecule has 2 aromatic heterocycles. The zero-order valence-electron chi connectivity index (χ0n) is 15.6. The van der Waals surface area contributed by atoms with Crippen LogP contribution >= 0.6 is 11.8 Å². The van der Waals surface area contributed by atoms with E-state index in [0.717, 1.165) is 5.56 Å². The molecule has 29 heavy (non-hydrogen) atoms. The van der Waals surface area contributed by atoms with Gasteiger partial charge in [-0.1, -0.05) is 23.9 Å². The molecule has 0 bridgehead atoms. The van der Waals surface area contributed by atoms with Crippen LogP contribution in [0.4, 0.5) is 0 Å². The average molecular weight is 410 g/mol. The van der Waals surface area contributed by atoms with Gasteiger partial charge < -0.3 is 14.9 Å². The smallest absolute Gasteiger partial charge is 0.330 e. The Labute approximate surface area is 171 Å². The van der Waals surface area contributed by atoms with Crippen LogP contribution in [0.5, 0.6) is 0 Å².